The number of rotatable bonds is 27. The second-order valence-corrected chi connectivity index (χ2v) is 18.7. The summed E-state index contributed by atoms with van der Waals surface area (Å²) in [6.45, 7) is 19.4. The largest absolute Gasteiger partial charge is 0.480 e. The number of carbonyl (C=O) groups is 6. The summed E-state index contributed by atoms with van der Waals surface area (Å²) in [7, 11) is 0. The summed E-state index contributed by atoms with van der Waals surface area (Å²) in [5.41, 5.74) is 9.23. The van der Waals surface area contributed by atoms with Gasteiger partial charge in [-0.25, -0.2) is 14.4 Å². The number of nitrogens with two attached hydrogens (primary N) is 1. The highest BCUT2D eigenvalue weighted by molar-refractivity contribution is 5.94. The number of amides is 5. The van der Waals surface area contributed by atoms with Crippen LogP contribution in [0, 0.1) is 5.92 Å². The molecule has 9 N–H and O–H groups in total. The highest BCUT2D eigenvalue weighted by atomic mass is 16.6. The molecule has 2 rings (SSSR count). The maximum atomic E-state index is 13.9. The molecule has 0 aromatic heterocycles. The predicted molar refractivity (Wildman–Crippen MR) is 251 cm³/mol. The van der Waals surface area contributed by atoms with Gasteiger partial charge in [-0.2, -0.15) is 0 Å². The first-order valence-electron chi connectivity index (χ1n) is 22.8. The van der Waals surface area contributed by atoms with Crippen LogP contribution in [0.1, 0.15) is 125 Å². The van der Waals surface area contributed by atoms with Crippen molar-refractivity contribution in [2.45, 2.75) is 169 Å². The van der Waals surface area contributed by atoms with Gasteiger partial charge in [0.1, 0.15) is 29.3 Å². The van der Waals surface area contributed by atoms with E-state index in [1.165, 1.54) is 12.0 Å². The molecule has 17 nitrogen and oxygen atoms in total. The quantitative estimate of drug-likeness (QED) is 0.0399. The smallest absolute Gasteiger partial charge is 0.408 e. The molecule has 0 fully saturated rings. The van der Waals surface area contributed by atoms with Crippen LogP contribution in [-0.4, -0.2) is 102 Å². The topological polar surface area (TPSA) is 249 Å². The fourth-order valence-electron chi connectivity index (χ4n) is 6.34. The number of hydrogen-bond acceptors (Lipinski definition) is 11. The molecular weight excluding hydrogens is 835 g/mol. The van der Waals surface area contributed by atoms with Crippen LogP contribution in [0.25, 0.3) is 11.1 Å². The molecule has 0 aliphatic heterocycles. The van der Waals surface area contributed by atoms with Crippen LogP contribution in [0.15, 0.2) is 48.5 Å². The molecule has 2 aromatic carbocycles. The van der Waals surface area contributed by atoms with Gasteiger partial charge >= 0.3 is 18.2 Å². The zero-order chi connectivity index (χ0) is 48.7. The average Bonchev–Trinajstić information content (AvgIpc) is 3.21. The molecule has 0 aliphatic carbocycles. The summed E-state index contributed by atoms with van der Waals surface area (Å²) >= 11 is 0. The Morgan fingerprint density at radius 3 is 1.77 bits per heavy atom. The molecule has 5 amide bonds. The number of unbranched alkanes of at least 4 members (excludes halogenated alkanes) is 2. The lowest BCUT2D eigenvalue weighted by molar-refractivity contribution is -0.142. The molecule has 0 heterocycles. The van der Waals surface area contributed by atoms with Crippen molar-refractivity contribution in [3.05, 3.63) is 59.7 Å². The number of carboxylic acids is 1. The molecular formula is C48H77N7O10. The first kappa shape index (κ1) is 55.9. The number of aliphatic carboxylic acids is 1. The standard InChI is InChI=1S/C48H77N7O10/c1-11-12-16-33-19-23-35(24-20-33)36-25-21-34(22-26-36)29-50-27-15-18-37(53-46(62)65-48(8,9)10)41(56)54-39(32(4)63-30-31(2)3)42(57)55-40(49)43(58)52-38(44(59)60)17-13-14-28-51-45(61)64-47(5,6)7/h19-26,31-32,37-40,50H,11-18,27-30,49H2,1-10H3,(H,51,61)(H,52,58)(H,53,62)(H,54,56)(H,55,57)(H,59,60)/t32-,37+,38+,39+,40-/m1/s1. The van der Waals surface area contributed by atoms with Crippen molar-refractivity contribution in [1.82, 2.24) is 31.9 Å². The van der Waals surface area contributed by atoms with Crippen molar-refractivity contribution in [2.24, 2.45) is 11.7 Å². The third kappa shape index (κ3) is 23.5. The van der Waals surface area contributed by atoms with E-state index in [0.29, 0.717) is 32.4 Å². The number of hydrogen-bond donors (Lipinski definition) is 8. The van der Waals surface area contributed by atoms with E-state index in [-0.39, 0.29) is 31.9 Å². The second-order valence-electron chi connectivity index (χ2n) is 18.7. The van der Waals surface area contributed by atoms with Gasteiger partial charge in [-0.3, -0.25) is 14.4 Å². The Morgan fingerprint density at radius 1 is 0.646 bits per heavy atom. The van der Waals surface area contributed by atoms with Gasteiger partial charge in [-0.05, 0) is 128 Å². The van der Waals surface area contributed by atoms with Crippen LogP contribution < -0.4 is 37.6 Å². The summed E-state index contributed by atoms with van der Waals surface area (Å²) in [4.78, 5) is 77.6. The van der Waals surface area contributed by atoms with Crippen LogP contribution in [0.5, 0.6) is 0 Å². The van der Waals surface area contributed by atoms with Crippen molar-refractivity contribution in [3.8, 4) is 11.1 Å². The SMILES string of the molecule is CCCCc1ccc(-c2ccc(CNCCC[C@H](NC(=O)OC(C)(C)C)C(=O)N[C@H](C(=O)N[C@@H](N)C(=O)N[C@@H](CCCCNC(=O)OC(C)(C)C)C(=O)O)[C@@H](C)OCC(C)C)cc2)cc1. The van der Waals surface area contributed by atoms with Crippen molar-refractivity contribution in [1.29, 1.82) is 0 Å². The maximum absolute atomic E-state index is 13.9. The summed E-state index contributed by atoms with van der Waals surface area (Å²) in [5.74, 6) is -3.78. The number of aryl methyl sites for hydroxylation is 1. The highest BCUT2D eigenvalue weighted by Gasteiger charge is 2.34. The van der Waals surface area contributed by atoms with Gasteiger partial charge in [-0.15, -0.1) is 0 Å². The zero-order valence-corrected chi connectivity index (χ0v) is 40.3. The van der Waals surface area contributed by atoms with Crippen LogP contribution in [0.4, 0.5) is 9.59 Å². The van der Waals surface area contributed by atoms with E-state index in [4.69, 9.17) is 19.9 Å². The van der Waals surface area contributed by atoms with Gasteiger partial charge in [0.15, 0.2) is 6.17 Å². The molecule has 17 heteroatoms. The normalized spacial score (nSPS) is 14.0. The van der Waals surface area contributed by atoms with Crippen LogP contribution in [0.3, 0.4) is 0 Å². The second kappa shape index (κ2) is 27.9. The molecule has 2 aromatic rings. The van der Waals surface area contributed by atoms with Crippen LogP contribution in [0.2, 0.25) is 0 Å². The minimum atomic E-state index is -1.70. The van der Waals surface area contributed by atoms with E-state index < -0.39 is 77.5 Å². The Labute approximate surface area is 385 Å². The molecule has 0 unspecified atom stereocenters. The summed E-state index contributed by atoms with van der Waals surface area (Å²) in [6.07, 6.45) is 0.750. The number of alkyl carbamates (subject to hydrolysis) is 2. The van der Waals surface area contributed by atoms with Gasteiger partial charge < -0.3 is 57.0 Å². The van der Waals surface area contributed by atoms with E-state index in [2.05, 4.69) is 87.4 Å². The molecule has 0 saturated carbocycles. The average molecular weight is 912 g/mol. The lowest BCUT2D eigenvalue weighted by atomic mass is 10.0. The monoisotopic (exact) mass is 912 g/mol. The minimum absolute atomic E-state index is 0.0137. The summed E-state index contributed by atoms with van der Waals surface area (Å²) < 4.78 is 16.5. The molecule has 0 aliphatic rings. The fraction of sp³-hybridized carbons (Fsp3) is 0.625. The van der Waals surface area contributed by atoms with Gasteiger partial charge in [0.05, 0.1) is 6.10 Å². The van der Waals surface area contributed by atoms with E-state index in [0.717, 1.165) is 29.5 Å². The number of benzene rings is 2. The summed E-state index contributed by atoms with van der Waals surface area (Å²) in [5, 5.41) is 25.8. The third-order valence-electron chi connectivity index (χ3n) is 9.77. The first-order chi connectivity index (χ1) is 30.5. The van der Waals surface area contributed by atoms with Crippen molar-refractivity contribution in [3.63, 3.8) is 0 Å². The lowest BCUT2D eigenvalue weighted by Gasteiger charge is -2.29. The highest BCUT2D eigenvalue weighted by Crippen LogP contribution is 2.21. The number of carboxylic acid groups (broad SMARTS) is 1. The maximum Gasteiger partial charge on any atom is 0.408 e. The van der Waals surface area contributed by atoms with E-state index in [1.54, 1.807) is 48.5 Å². The molecule has 0 saturated heterocycles. The van der Waals surface area contributed by atoms with Gasteiger partial charge in [0.25, 0.3) is 5.91 Å². The predicted octanol–water partition coefficient (Wildman–Crippen LogP) is 5.67. The van der Waals surface area contributed by atoms with E-state index in [9.17, 15) is 33.9 Å². The number of carbonyl (C=O) groups excluding carboxylic acids is 5. The Hall–Kier alpha value is -5.26. The molecule has 0 bridgehead atoms. The van der Waals surface area contributed by atoms with E-state index >= 15 is 0 Å². The van der Waals surface area contributed by atoms with Gasteiger partial charge in [-0.1, -0.05) is 75.7 Å². The summed E-state index contributed by atoms with van der Waals surface area (Å²) in [6, 6.07) is 13.1. The first-order valence-corrected chi connectivity index (χ1v) is 22.8. The number of ether oxygens (including phenoxy) is 3. The zero-order valence-electron chi connectivity index (χ0n) is 40.3. The van der Waals surface area contributed by atoms with Crippen molar-refractivity contribution >= 4 is 35.9 Å². The van der Waals surface area contributed by atoms with Crippen molar-refractivity contribution < 1.29 is 48.1 Å². The van der Waals surface area contributed by atoms with Crippen LogP contribution >= 0.6 is 0 Å². The molecule has 5 atom stereocenters. The minimum Gasteiger partial charge on any atom is -0.480 e. The van der Waals surface area contributed by atoms with Gasteiger partial charge in [0.2, 0.25) is 11.8 Å². The molecule has 65 heavy (non-hydrogen) atoms. The Balaban J connectivity index is 2.08. The van der Waals surface area contributed by atoms with E-state index in [1.807, 2.05) is 13.8 Å². The molecule has 364 valence electrons. The van der Waals surface area contributed by atoms with Crippen LogP contribution in [-0.2, 0) is 46.4 Å². The molecule has 0 radical (unpaired) electrons. The van der Waals surface area contributed by atoms with Crippen molar-refractivity contribution in [2.75, 3.05) is 19.7 Å². The Kier molecular flexibility index (Phi) is 24.0. The fourth-order valence-corrected chi connectivity index (χ4v) is 6.34. The lowest BCUT2D eigenvalue weighted by Crippen LogP contribution is -2.62. The Bertz CT molecular complexity index is 1790. The Morgan fingerprint density at radius 2 is 1.22 bits per heavy atom. The molecule has 0 spiro atoms. The third-order valence-corrected chi connectivity index (χ3v) is 9.77. The van der Waals surface area contributed by atoms with Gasteiger partial charge in [0, 0.05) is 19.7 Å². The number of nitrogens with one attached hydrogen (secondary N) is 6.